The van der Waals surface area contributed by atoms with Crippen molar-refractivity contribution in [3.8, 4) is 11.1 Å². The van der Waals surface area contributed by atoms with Crippen LogP contribution in [0.4, 0.5) is 11.4 Å². The third-order valence-electron chi connectivity index (χ3n) is 12.3. The summed E-state index contributed by atoms with van der Waals surface area (Å²) in [6, 6.07) is 18.2. The number of imide groups is 2. The molecule has 6 heterocycles. The number of aromatic amines is 1. The van der Waals surface area contributed by atoms with Crippen LogP contribution in [0.15, 0.2) is 73.1 Å². The molecule has 58 heavy (non-hydrogen) atoms. The van der Waals surface area contributed by atoms with Crippen molar-refractivity contribution in [3.63, 3.8) is 0 Å². The van der Waals surface area contributed by atoms with Gasteiger partial charge in [0.2, 0.25) is 11.8 Å². The van der Waals surface area contributed by atoms with Crippen LogP contribution in [0.1, 0.15) is 95.2 Å². The van der Waals surface area contributed by atoms with Crippen molar-refractivity contribution >= 4 is 51.9 Å². The van der Waals surface area contributed by atoms with E-state index in [1.807, 2.05) is 65.6 Å². The SMILES string of the molecule is C[C@H]1CCCN1Cc1nc2ccc(NC(=O)c3ccc(-c4cnn(CCCC5CCN(c6cccc7c6C(=O)N(C6CCC(=O)NC6=O)C7=O)CC5)c4)cc3)cc2[nH]1. The summed E-state index contributed by atoms with van der Waals surface area (Å²) in [5.74, 6) is -0.648. The highest BCUT2D eigenvalue weighted by molar-refractivity contribution is 6.25. The molecule has 3 fully saturated rings. The van der Waals surface area contributed by atoms with Gasteiger partial charge in [0.25, 0.3) is 17.7 Å². The summed E-state index contributed by atoms with van der Waals surface area (Å²) in [5, 5.41) is 9.89. The lowest BCUT2D eigenvalue weighted by Gasteiger charge is -2.34. The highest BCUT2D eigenvalue weighted by Gasteiger charge is 2.46. The van der Waals surface area contributed by atoms with Crippen LogP contribution in [0.2, 0.25) is 0 Å². The van der Waals surface area contributed by atoms with Crippen molar-refractivity contribution < 1.29 is 24.0 Å². The van der Waals surface area contributed by atoms with Gasteiger partial charge in [0.15, 0.2) is 0 Å². The Balaban J connectivity index is 0.746. The zero-order valence-electron chi connectivity index (χ0n) is 32.6. The number of benzene rings is 3. The molecule has 3 saturated heterocycles. The largest absolute Gasteiger partial charge is 0.371 e. The van der Waals surface area contributed by atoms with Crippen LogP contribution in [-0.4, -0.2) is 90.8 Å². The Labute approximate surface area is 336 Å². The van der Waals surface area contributed by atoms with Gasteiger partial charge in [-0.1, -0.05) is 18.2 Å². The van der Waals surface area contributed by atoms with Crippen LogP contribution in [0.25, 0.3) is 22.2 Å². The number of imidazole rings is 1. The molecule has 298 valence electrons. The number of nitrogens with zero attached hydrogens (tertiary/aromatic N) is 6. The van der Waals surface area contributed by atoms with Gasteiger partial charge >= 0.3 is 0 Å². The van der Waals surface area contributed by atoms with Crippen molar-refractivity contribution in [1.29, 1.82) is 0 Å². The van der Waals surface area contributed by atoms with Gasteiger partial charge < -0.3 is 15.2 Å². The maximum atomic E-state index is 13.6. The first kappa shape index (κ1) is 37.4. The molecular weight excluding hydrogens is 735 g/mol. The first-order chi connectivity index (χ1) is 28.2. The average molecular weight is 782 g/mol. The molecule has 14 heteroatoms. The van der Waals surface area contributed by atoms with Crippen molar-refractivity contribution in [1.82, 2.24) is 34.9 Å². The first-order valence-corrected chi connectivity index (χ1v) is 20.4. The molecule has 2 atom stereocenters. The van der Waals surface area contributed by atoms with Gasteiger partial charge in [-0.05, 0) is 112 Å². The fourth-order valence-electron chi connectivity index (χ4n) is 9.05. The molecule has 0 spiro atoms. The number of aryl methyl sites for hydroxylation is 1. The van der Waals surface area contributed by atoms with Crippen molar-refractivity contribution in [2.75, 3.05) is 29.9 Å². The molecule has 2 aromatic heterocycles. The number of amides is 5. The maximum absolute atomic E-state index is 13.6. The third-order valence-corrected chi connectivity index (χ3v) is 12.3. The van der Waals surface area contributed by atoms with Crippen LogP contribution in [0, 0.1) is 5.92 Å². The first-order valence-electron chi connectivity index (χ1n) is 20.4. The summed E-state index contributed by atoms with van der Waals surface area (Å²) in [7, 11) is 0. The van der Waals surface area contributed by atoms with E-state index >= 15 is 0 Å². The van der Waals surface area contributed by atoms with Gasteiger partial charge in [0.1, 0.15) is 11.9 Å². The van der Waals surface area contributed by atoms with E-state index in [4.69, 9.17) is 4.98 Å². The zero-order valence-corrected chi connectivity index (χ0v) is 32.6. The molecule has 0 radical (unpaired) electrons. The highest BCUT2D eigenvalue weighted by Crippen LogP contribution is 2.36. The number of H-pyrrole nitrogens is 1. The molecule has 5 amide bonds. The molecule has 3 N–H and O–H groups in total. The van der Waals surface area contributed by atoms with Gasteiger partial charge in [-0.25, -0.2) is 4.98 Å². The van der Waals surface area contributed by atoms with E-state index in [-0.39, 0.29) is 18.7 Å². The molecule has 3 aromatic carbocycles. The van der Waals surface area contributed by atoms with E-state index in [1.165, 1.54) is 12.8 Å². The molecule has 1 unspecified atom stereocenters. The molecule has 9 rings (SSSR count). The molecular formula is C44H47N9O5. The van der Waals surface area contributed by atoms with E-state index in [2.05, 4.69) is 37.4 Å². The van der Waals surface area contributed by atoms with E-state index in [1.54, 1.807) is 12.1 Å². The number of piperidine rings is 2. The Bertz CT molecular complexity index is 2410. The van der Waals surface area contributed by atoms with E-state index in [9.17, 15) is 24.0 Å². The number of nitrogens with one attached hydrogen (secondary N) is 3. The number of likely N-dealkylation sites (tertiary alicyclic amines) is 1. The van der Waals surface area contributed by atoms with Crippen molar-refractivity contribution in [2.24, 2.45) is 5.92 Å². The molecule has 4 aliphatic rings. The highest BCUT2D eigenvalue weighted by atomic mass is 16.2. The summed E-state index contributed by atoms with van der Waals surface area (Å²) in [5.41, 5.74) is 6.45. The van der Waals surface area contributed by atoms with E-state index < -0.39 is 29.7 Å². The molecule has 0 bridgehead atoms. The van der Waals surface area contributed by atoms with E-state index in [0.29, 0.717) is 34.3 Å². The van der Waals surface area contributed by atoms with Gasteiger partial charge in [0.05, 0.1) is 40.6 Å². The Morgan fingerprint density at radius 1 is 0.914 bits per heavy atom. The Kier molecular flexibility index (Phi) is 10.1. The van der Waals surface area contributed by atoms with Crippen LogP contribution in [0.5, 0.6) is 0 Å². The van der Waals surface area contributed by atoms with Gasteiger partial charge in [-0.2, -0.15) is 5.10 Å². The Morgan fingerprint density at radius 3 is 2.52 bits per heavy atom. The average Bonchev–Trinajstić information content (AvgIpc) is 4.02. The van der Waals surface area contributed by atoms with Crippen molar-refractivity contribution in [3.05, 3.63) is 95.6 Å². The standard InChI is InChI=1S/C44H47N9O5/c1-27-5-3-19-51(27)26-38-47-34-14-13-32(23-35(34)48-38)46-41(55)30-11-9-29(10-12-30)31-24-45-52(25-31)20-4-6-28-17-21-50(22-18-28)36-8-2-7-33-40(36)44(58)53(43(33)57)37-15-16-39(54)49-42(37)56/h2,7-14,23-25,27-28,37H,3-6,15-22,26H2,1H3,(H,46,55)(H,47,48)(H,49,54,56)/t27-,37?/m0/s1. The lowest BCUT2D eigenvalue weighted by atomic mass is 9.91. The predicted molar refractivity (Wildman–Crippen MR) is 218 cm³/mol. The van der Waals surface area contributed by atoms with Crippen LogP contribution in [-0.2, 0) is 22.7 Å². The maximum Gasteiger partial charge on any atom is 0.264 e. The van der Waals surface area contributed by atoms with Crippen LogP contribution in [0.3, 0.4) is 0 Å². The van der Waals surface area contributed by atoms with Gasteiger partial charge in [-0.3, -0.25) is 43.8 Å². The monoisotopic (exact) mass is 781 g/mol. The summed E-state index contributed by atoms with van der Waals surface area (Å²) in [6.45, 7) is 6.48. The number of hydrogen-bond acceptors (Lipinski definition) is 9. The molecule has 0 aliphatic carbocycles. The van der Waals surface area contributed by atoms with E-state index in [0.717, 1.165) is 97.0 Å². The summed E-state index contributed by atoms with van der Waals surface area (Å²) in [6.07, 6.45) is 10.5. The fourth-order valence-corrected chi connectivity index (χ4v) is 9.05. The molecule has 0 saturated carbocycles. The topological polar surface area (TPSA) is 166 Å². The number of anilines is 2. The lowest BCUT2D eigenvalue weighted by molar-refractivity contribution is -0.136. The Hall–Kier alpha value is -6.15. The molecule has 14 nitrogen and oxygen atoms in total. The second-order valence-corrected chi connectivity index (χ2v) is 16.1. The third kappa shape index (κ3) is 7.39. The van der Waals surface area contributed by atoms with Crippen molar-refractivity contribution in [2.45, 2.75) is 83.5 Å². The summed E-state index contributed by atoms with van der Waals surface area (Å²) in [4.78, 5) is 78.1. The zero-order chi connectivity index (χ0) is 39.9. The second kappa shape index (κ2) is 15.7. The lowest BCUT2D eigenvalue weighted by Crippen LogP contribution is -2.54. The molecule has 4 aliphatic heterocycles. The number of aromatic nitrogens is 4. The van der Waals surface area contributed by atoms with Gasteiger partial charge in [-0.15, -0.1) is 0 Å². The van der Waals surface area contributed by atoms with Gasteiger partial charge in [0, 0.05) is 55.1 Å². The number of carbonyl (C=O) groups is 5. The molecule has 5 aromatic rings. The fraction of sp³-hybridized carbons (Fsp3) is 0.386. The second-order valence-electron chi connectivity index (χ2n) is 16.1. The normalized spacial score (nSPS) is 20.3. The minimum absolute atomic E-state index is 0.0905. The number of fused-ring (bicyclic) bond motifs is 2. The minimum atomic E-state index is -0.980. The number of carbonyl (C=O) groups excluding carboxylic acids is 5. The predicted octanol–water partition coefficient (Wildman–Crippen LogP) is 5.76. The smallest absolute Gasteiger partial charge is 0.264 e. The quantitative estimate of drug-likeness (QED) is 0.141. The number of hydrogen-bond donors (Lipinski definition) is 3. The number of rotatable bonds is 11. The summed E-state index contributed by atoms with van der Waals surface area (Å²) >= 11 is 0. The van der Waals surface area contributed by atoms with Crippen LogP contribution >= 0.6 is 0 Å². The Morgan fingerprint density at radius 2 is 1.74 bits per heavy atom. The van der Waals surface area contributed by atoms with Crippen LogP contribution < -0.4 is 15.5 Å². The summed E-state index contributed by atoms with van der Waals surface area (Å²) < 4.78 is 1.97. The minimum Gasteiger partial charge on any atom is -0.371 e.